The van der Waals surface area contributed by atoms with E-state index in [4.69, 9.17) is 0 Å². The average molecular weight is 127 g/mol. The maximum Gasteiger partial charge on any atom is 0.523 e. The molecule has 9 heavy (non-hydrogen) atoms. The summed E-state index contributed by atoms with van der Waals surface area (Å²) in [4.78, 5) is 23.3. The largest absolute Gasteiger partial charge is 0.523 e. The van der Waals surface area contributed by atoms with Gasteiger partial charge in [-0.2, -0.15) is 4.79 Å². The molecule has 0 saturated heterocycles. The van der Waals surface area contributed by atoms with Gasteiger partial charge in [0, 0.05) is 11.9 Å². The van der Waals surface area contributed by atoms with Crippen molar-refractivity contribution in [3.63, 3.8) is 0 Å². The van der Waals surface area contributed by atoms with Gasteiger partial charge in [0.25, 0.3) is 6.57 Å². The molecule has 0 aliphatic carbocycles. The molecule has 0 radical (unpaired) electrons. The van der Waals surface area contributed by atoms with Crippen molar-refractivity contribution in [1.29, 1.82) is 0 Å². The van der Waals surface area contributed by atoms with Crippen molar-refractivity contribution in [2.24, 2.45) is 0 Å². The van der Waals surface area contributed by atoms with Gasteiger partial charge in [-0.05, 0) is 0 Å². The van der Waals surface area contributed by atoms with Gasteiger partial charge in [-0.1, -0.05) is 0 Å². The van der Waals surface area contributed by atoms with Crippen LogP contribution in [0.2, 0.25) is 0 Å². The standard InChI is InChI=1S/C5H6N2O2/c1-6-4(8)3-5(9)7-2/h1H,3H2,2H3/p+1. The van der Waals surface area contributed by atoms with Crippen LogP contribution in [0.4, 0.5) is 0 Å². The van der Waals surface area contributed by atoms with E-state index in [1.807, 2.05) is 0 Å². The van der Waals surface area contributed by atoms with Crippen LogP contribution in [0, 0.1) is 6.57 Å². The third-order valence-electron chi connectivity index (χ3n) is 0.735. The normalized spacial score (nSPS) is 7.56. The summed E-state index contributed by atoms with van der Waals surface area (Å²) in [5.74, 6) is -0.997. The zero-order chi connectivity index (χ0) is 7.28. The van der Waals surface area contributed by atoms with Crippen molar-refractivity contribution in [1.82, 2.24) is 5.32 Å². The Morgan fingerprint density at radius 3 is 2.56 bits per heavy atom. The monoisotopic (exact) mass is 127 g/mol. The summed E-state index contributed by atoms with van der Waals surface area (Å²) in [6.07, 6.45) is -0.271. The first-order valence-corrected chi connectivity index (χ1v) is 2.35. The van der Waals surface area contributed by atoms with Gasteiger partial charge in [0.05, 0.1) is 0 Å². The topological polar surface area (TPSA) is 50.5 Å². The van der Waals surface area contributed by atoms with Gasteiger partial charge in [0.1, 0.15) is 0 Å². The fraction of sp³-hybridized carbons (Fsp3) is 0.400. The van der Waals surface area contributed by atoms with E-state index in [-0.39, 0.29) is 12.3 Å². The number of nitrogens with zero attached hydrogens (tertiary/aromatic N) is 1. The van der Waals surface area contributed by atoms with Crippen LogP contribution in [0.25, 0.3) is 4.85 Å². The minimum atomic E-state index is -0.616. The fourth-order valence-corrected chi connectivity index (χ4v) is 0.271. The van der Waals surface area contributed by atoms with E-state index in [1.54, 1.807) is 0 Å². The molecule has 48 valence electrons. The van der Waals surface area contributed by atoms with E-state index in [0.717, 1.165) is 0 Å². The van der Waals surface area contributed by atoms with Crippen molar-refractivity contribution >= 4 is 11.8 Å². The maximum absolute atomic E-state index is 10.3. The van der Waals surface area contributed by atoms with E-state index in [0.29, 0.717) is 0 Å². The van der Waals surface area contributed by atoms with Crippen molar-refractivity contribution in [3.8, 4) is 6.57 Å². The van der Waals surface area contributed by atoms with E-state index in [1.165, 1.54) is 7.05 Å². The van der Waals surface area contributed by atoms with Crippen molar-refractivity contribution in [3.05, 3.63) is 4.85 Å². The first kappa shape index (κ1) is 7.63. The molecule has 1 N–H and O–H groups in total. The zero-order valence-corrected chi connectivity index (χ0v) is 5.05. The highest BCUT2D eigenvalue weighted by molar-refractivity contribution is 6.01. The second-order valence-electron chi connectivity index (χ2n) is 1.37. The quantitative estimate of drug-likeness (QED) is 0.513. The SMILES string of the molecule is C#[N+]C(=O)CC(=O)NC. The fourth-order valence-electron chi connectivity index (χ4n) is 0.271. The molecule has 0 rings (SSSR count). The molecule has 0 aromatic carbocycles. The average Bonchev–Trinajstić information content (AvgIpc) is 1.87. The molecule has 0 spiro atoms. The summed E-state index contributed by atoms with van der Waals surface area (Å²) in [5, 5.41) is 2.25. The first-order chi connectivity index (χ1) is 4.20. The molecule has 4 heteroatoms. The lowest BCUT2D eigenvalue weighted by Gasteiger charge is -1.86. The lowest BCUT2D eigenvalue weighted by Crippen LogP contribution is -2.19. The minimum Gasteiger partial charge on any atom is -0.359 e. The number of amides is 2. The maximum atomic E-state index is 10.3. The van der Waals surface area contributed by atoms with Crippen LogP contribution in [-0.4, -0.2) is 18.9 Å². The second kappa shape index (κ2) is 3.61. The number of nitrogens with one attached hydrogen (secondary N) is 1. The summed E-state index contributed by atoms with van der Waals surface area (Å²) < 4.78 is 0. The van der Waals surface area contributed by atoms with Crippen molar-refractivity contribution in [2.75, 3.05) is 7.05 Å². The third kappa shape index (κ3) is 3.23. The molecule has 0 aliphatic heterocycles. The van der Waals surface area contributed by atoms with Crippen LogP contribution in [0.3, 0.4) is 0 Å². The Bertz CT molecular complexity index is 168. The molecule has 0 heterocycles. The molecule has 0 atom stereocenters. The molecule has 0 aromatic heterocycles. The molecule has 0 unspecified atom stereocenters. The van der Waals surface area contributed by atoms with Gasteiger partial charge in [0.2, 0.25) is 5.91 Å². The summed E-state index contributed by atoms with van der Waals surface area (Å²) in [6.45, 7) is 4.57. The van der Waals surface area contributed by atoms with Crippen LogP contribution < -0.4 is 5.32 Å². The first-order valence-electron chi connectivity index (χ1n) is 2.35. The Balaban J connectivity index is 3.64. The van der Waals surface area contributed by atoms with Gasteiger partial charge in [-0.3, -0.25) is 4.79 Å². The summed E-state index contributed by atoms with van der Waals surface area (Å²) in [7, 11) is 1.44. The molecule has 2 amide bonds. The van der Waals surface area contributed by atoms with E-state index >= 15 is 0 Å². The highest BCUT2D eigenvalue weighted by Crippen LogP contribution is 1.81. The Morgan fingerprint density at radius 2 is 2.22 bits per heavy atom. The third-order valence-corrected chi connectivity index (χ3v) is 0.735. The number of hydrogen-bond acceptors (Lipinski definition) is 2. The lowest BCUT2D eigenvalue weighted by molar-refractivity contribution is -0.125. The molecule has 0 bridgehead atoms. The summed E-state index contributed by atoms with van der Waals surface area (Å²) in [5.41, 5.74) is 0. The van der Waals surface area contributed by atoms with E-state index in [9.17, 15) is 9.59 Å². The predicted molar refractivity (Wildman–Crippen MR) is 32.0 cm³/mol. The predicted octanol–water partition coefficient (Wildman–Crippen LogP) is -0.388. The molecule has 4 nitrogen and oxygen atoms in total. The second-order valence-corrected chi connectivity index (χ2v) is 1.37. The van der Waals surface area contributed by atoms with Gasteiger partial charge in [-0.15, -0.1) is 0 Å². The number of rotatable bonds is 2. The van der Waals surface area contributed by atoms with Gasteiger partial charge in [-0.25, -0.2) is 0 Å². The summed E-state index contributed by atoms with van der Waals surface area (Å²) >= 11 is 0. The Labute approximate surface area is 52.7 Å². The van der Waals surface area contributed by atoms with Crippen LogP contribution in [0.15, 0.2) is 0 Å². The number of carbonyl (C=O) groups is 2. The zero-order valence-electron chi connectivity index (χ0n) is 5.05. The molecule has 0 aliphatic rings. The molecular formula is C5H7N2O2+. The number of hydrogen-bond donors (Lipinski definition) is 1. The van der Waals surface area contributed by atoms with Crippen molar-refractivity contribution < 1.29 is 9.59 Å². The van der Waals surface area contributed by atoms with Gasteiger partial charge < -0.3 is 5.32 Å². The van der Waals surface area contributed by atoms with Gasteiger partial charge >= 0.3 is 5.91 Å². The van der Waals surface area contributed by atoms with Crippen LogP contribution in [0.5, 0.6) is 0 Å². The van der Waals surface area contributed by atoms with Crippen LogP contribution in [-0.2, 0) is 9.59 Å². The van der Waals surface area contributed by atoms with Crippen molar-refractivity contribution in [2.45, 2.75) is 6.42 Å². The van der Waals surface area contributed by atoms with Crippen LogP contribution in [0.1, 0.15) is 6.42 Å². The Hall–Kier alpha value is -1.37. The summed E-state index contributed by atoms with van der Waals surface area (Å²) in [6, 6.07) is 0. The Kier molecular flexibility index (Phi) is 3.06. The molecule has 0 fully saturated rings. The Morgan fingerprint density at radius 1 is 1.67 bits per heavy atom. The molecular weight excluding hydrogens is 120 g/mol. The highest BCUT2D eigenvalue weighted by Gasteiger charge is 2.14. The van der Waals surface area contributed by atoms with E-state index < -0.39 is 5.91 Å². The minimum absolute atomic E-state index is 0.271. The lowest BCUT2D eigenvalue weighted by atomic mass is 10.4. The smallest absolute Gasteiger partial charge is 0.359 e. The van der Waals surface area contributed by atoms with Crippen LogP contribution >= 0.6 is 0 Å². The molecule has 0 saturated carbocycles. The van der Waals surface area contributed by atoms with Gasteiger partial charge in [0.15, 0.2) is 6.42 Å². The highest BCUT2D eigenvalue weighted by atomic mass is 16.2. The molecule has 0 aromatic rings. The van der Waals surface area contributed by atoms with E-state index in [2.05, 4.69) is 16.7 Å². The number of carbonyl (C=O) groups excluding carboxylic acids is 2.